The summed E-state index contributed by atoms with van der Waals surface area (Å²) in [4.78, 5) is 10.9. The molecule has 13 aromatic rings. The average Bonchev–Trinajstić information content (AvgIpc) is 3.82. The molecule has 4 heteroatoms. The first-order valence-corrected chi connectivity index (χ1v) is 20.5. The van der Waals surface area contributed by atoms with Gasteiger partial charge in [0.15, 0.2) is 0 Å². The quantitative estimate of drug-likeness (QED) is 0.179. The van der Waals surface area contributed by atoms with E-state index in [0.29, 0.717) is 5.95 Å². The summed E-state index contributed by atoms with van der Waals surface area (Å²) < 4.78 is 4.70. The average molecular weight is 763 g/mol. The zero-order valence-electron chi connectivity index (χ0n) is 32.4. The SMILES string of the molecule is c1cc(-c2cccc3ccccc23)cc(-c2nc(-n3c4ccc(-n5c6ccccc6c6cc7ccccc7cc65)cc4c4c5ccccc5ccc43)nc3ccccc23)c1. The van der Waals surface area contributed by atoms with Crippen LogP contribution in [0.25, 0.3) is 121 Å². The molecule has 0 radical (unpaired) electrons. The summed E-state index contributed by atoms with van der Waals surface area (Å²) in [5.41, 5.74) is 10.8. The normalized spacial score (nSPS) is 12.0. The van der Waals surface area contributed by atoms with Crippen molar-refractivity contribution in [2.45, 2.75) is 0 Å². The van der Waals surface area contributed by atoms with E-state index in [9.17, 15) is 0 Å². The van der Waals surface area contributed by atoms with E-state index < -0.39 is 0 Å². The lowest BCUT2D eigenvalue weighted by atomic mass is 9.96. The van der Waals surface area contributed by atoms with Crippen LogP contribution in [0, 0.1) is 0 Å². The molecule has 278 valence electrons. The minimum atomic E-state index is 0.644. The van der Waals surface area contributed by atoms with Crippen molar-refractivity contribution in [3.8, 4) is 34.0 Å². The van der Waals surface area contributed by atoms with Gasteiger partial charge >= 0.3 is 0 Å². The summed E-state index contributed by atoms with van der Waals surface area (Å²) in [6, 6.07) is 74.5. The number of aromatic nitrogens is 4. The first-order chi connectivity index (χ1) is 29.7. The second-order valence-corrected chi connectivity index (χ2v) is 15.8. The standard InChI is InChI=1S/C56H34N4/c1-2-16-38-33-53-47(32-37(38)15-1)45-22-8-10-26-50(45)59(53)41-28-30-51-48(34-41)54-44-21-6-4-14-36(44)27-29-52(54)60(51)56-57-49-25-9-7-23-46(49)55(58-56)40-19-11-18-39(31-40)43-24-12-17-35-13-3-5-20-42(35)43/h1-34H. The molecule has 0 aliphatic carbocycles. The van der Waals surface area contributed by atoms with Gasteiger partial charge in [-0.3, -0.25) is 4.57 Å². The Kier molecular flexibility index (Phi) is 6.98. The molecular formula is C56H34N4. The fourth-order valence-corrected chi connectivity index (χ4v) is 9.76. The molecule has 3 heterocycles. The Balaban J connectivity index is 1.08. The van der Waals surface area contributed by atoms with Gasteiger partial charge in [-0.1, -0.05) is 152 Å². The molecule has 0 amide bonds. The second-order valence-electron chi connectivity index (χ2n) is 15.8. The molecule has 60 heavy (non-hydrogen) atoms. The summed E-state index contributed by atoms with van der Waals surface area (Å²) in [7, 11) is 0. The van der Waals surface area contributed by atoms with Gasteiger partial charge in [0, 0.05) is 38.2 Å². The third kappa shape index (κ3) is 4.85. The Labute approximate surface area is 344 Å². The molecule has 13 rings (SSSR count). The lowest BCUT2D eigenvalue weighted by molar-refractivity contribution is 1.01. The van der Waals surface area contributed by atoms with E-state index in [1.165, 1.54) is 65.1 Å². The number of nitrogens with zero attached hydrogens (tertiary/aromatic N) is 4. The summed E-state index contributed by atoms with van der Waals surface area (Å²) in [5, 5.41) is 13.2. The topological polar surface area (TPSA) is 35.6 Å². The molecule has 0 aliphatic heterocycles. The maximum atomic E-state index is 5.52. The predicted octanol–water partition coefficient (Wildman–Crippen LogP) is 14.6. The van der Waals surface area contributed by atoms with E-state index in [1.54, 1.807) is 0 Å². The number of hydrogen-bond acceptors (Lipinski definition) is 2. The molecule has 0 spiro atoms. The van der Waals surface area contributed by atoms with E-state index in [-0.39, 0.29) is 0 Å². The van der Waals surface area contributed by atoms with Crippen LogP contribution in [0.2, 0.25) is 0 Å². The van der Waals surface area contributed by atoms with Crippen molar-refractivity contribution >= 4 is 86.8 Å². The van der Waals surface area contributed by atoms with Gasteiger partial charge in [-0.25, -0.2) is 9.97 Å². The highest BCUT2D eigenvalue weighted by molar-refractivity contribution is 6.22. The van der Waals surface area contributed by atoms with Gasteiger partial charge in [0.2, 0.25) is 5.95 Å². The molecule has 0 saturated heterocycles. The van der Waals surface area contributed by atoms with Crippen molar-refractivity contribution in [1.82, 2.24) is 19.1 Å². The molecule has 0 atom stereocenters. The molecule has 0 N–H and O–H groups in total. The minimum absolute atomic E-state index is 0.644. The molecule has 4 nitrogen and oxygen atoms in total. The second kappa shape index (κ2) is 12.7. The molecule has 0 aliphatic rings. The monoisotopic (exact) mass is 762 g/mol. The number of rotatable bonds is 4. The van der Waals surface area contributed by atoms with Gasteiger partial charge in [0.25, 0.3) is 0 Å². The van der Waals surface area contributed by atoms with Gasteiger partial charge in [-0.05, 0) is 98.0 Å². The fraction of sp³-hybridized carbons (Fsp3) is 0. The lowest BCUT2D eigenvalue weighted by Gasteiger charge is -2.13. The third-order valence-electron chi connectivity index (χ3n) is 12.5. The van der Waals surface area contributed by atoms with E-state index >= 15 is 0 Å². The molecule has 10 aromatic carbocycles. The Hall–Kier alpha value is -8.08. The molecule has 0 saturated carbocycles. The first kappa shape index (κ1) is 32.9. The Bertz CT molecular complexity index is 3900. The fourth-order valence-electron chi connectivity index (χ4n) is 9.76. The number of hydrogen-bond donors (Lipinski definition) is 0. The summed E-state index contributed by atoms with van der Waals surface area (Å²) in [5.74, 6) is 0.644. The van der Waals surface area contributed by atoms with Crippen molar-refractivity contribution in [3.05, 3.63) is 206 Å². The zero-order chi connectivity index (χ0) is 39.3. The smallest absolute Gasteiger partial charge is 0.235 e. The Morgan fingerprint density at radius 2 is 0.950 bits per heavy atom. The van der Waals surface area contributed by atoms with Crippen LogP contribution in [0.3, 0.4) is 0 Å². The largest absolute Gasteiger partial charge is 0.309 e. The van der Waals surface area contributed by atoms with Crippen molar-refractivity contribution in [2.75, 3.05) is 0 Å². The Morgan fingerprint density at radius 3 is 1.82 bits per heavy atom. The first-order valence-electron chi connectivity index (χ1n) is 20.5. The van der Waals surface area contributed by atoms with E-state index in [2.05, 4.69) is 215 Å². The molecule has 0 bridgehead atoms. The van der Waals surface area contributed by atoms with Crippen LogP contribution in [-0.2, 0) is 0 Å². The molecular weight excluding hydrogens is 729 g/mol. The molecule has 0 unspecified atom stereocenters. The van der Waals surface area contributed by atoms with E-state index in [0.717, 1.165) is 49.8 Å². The van der Waals surface area contributed by atoms with E-state index in [4.69, 9.17) is 9.97 Å². The summed E-state index contributed by atoms with van der Waals surface area (Å²) in [6.45, 7) is 0. The number of fused-ring (bicyclic) bond motifs is 11. The van der Waals surface area contributed by atoms with Crippen molar-refractivity contribution in [2.24, 2.45) is 0 Å². The van der Waals surface area contributed by atoms with Gasteiger partial charge in [-0.2, -0.15) is 0 Å². The highest BCUT2D eigenvalue weighted by Crippen LogP contribution is 2.41. The lowest BCUT2D eigenvalue weighted by Crippen LogP contribution is -2.03. The van der Waals surface area contributed by atoms with Gasteiger partial charge in [0.1, 0.15) is 0 Å². The van der Waals surface area contributed by atoms with Crippen molar-refractivity contribution in [1.29, 1.82) is 0 Å². The highest BCUT2D eigenvalue weighted by atomic mass is 15.2. The predicted molar refractivity (Wildman–Crippen MR) is 252 cm³/mol. The van der Waals surface area contributed by atoms with Crippen molar-refractivity contribution < 1.29 is 0 Å². The van der Waals surface area contributed by atoms with Crippen LogP contribution >= 0.6 is 0 Å². The maximum Gasteiger partial charge on any atom is 0.235 e. The molecule has 3 aromatic heterocycles. The zero-order valence-corrected chi connectivity index (χ0v) is 32.4. The van der Waals surface area contributed by atoms with Crippen molar-refractivity contribution in [3.63, 3.8) is 0 Å². The van der Waals surface area contributed by atoms with Gasteiger partial charge in [0.05, 0.1) is 33.3 Å². The Morgan fingerprint density at radius 1 is 0.317 bits per heavy atom. The van der Waals surface area contributed by atoms with Crippen LogP contribution in [0.5, 0.6) is 0 Å². The maximum absolute atomic E-state index is 5.52. The number of benzene rings is 10. The van der Waals surface area contributed by atoms with Crippen LogP contribution in [0.4, 0.5) is 0 Å². The summed E-state index contributed by atoms with van der Waals surface area (Å²) >= 11 is 0. The van der Waals surface area contributed by atoms with Crippen LogP contribution < -0.4 is 0 Å². The van der Waals surface area contributed by atoms with Crippen LogP contribution in [0.15, 0.2) is 206 Å². The van der Waals surface area contributed by atoms with Gasteiger partial charge in [-0.15, -0.1) is 0 Å². The number of para-hydroxylation sites is 2. The van der Waals surface area contributed by atoms with Crippen LogP contribution in [-0.4, -0.2) is 19.1 Å². The third-order valence-corrected chi connectivity index (χ3v) is 12.5. The van der Waals surface area contributed by atoms with E-state index in [1.807, 2.05) is 0 Å². The summed E-state index contributed by atoms with van der Waals surface area (Å²) in [6.07, 6.45) is 0. The van der Waals surface area contributed by atoms with Crippen LogP contribution in [0.1, 0.15) is 0 Å². The minimum Gasteiger partial charge on any atom is -0.309 e. The van der Waals surface area contributed by atoms with Gasteiger partial charge < -0.3 is 4.57 Å². The highest BCUT2D eigenvalue weighted by Gasteiger charge is 2.21. The molecule has 0 fully saturated rings.